The third kappa shape index (κ3) is 1.77. The number of hydrogen-bond donors (Lipinski definition) is 4. The summed E-state index contributed by atoms with van der Waals surface area (Å²) in [5.41, 5.74) is 0. The van der Waals surface area contributed by atoms with Crippen LogP contribution in [0.4, 0.5) is 0 Å². The number of aliphatic hydroxyl groups excluding tert-OH is 4. The molecule has 0 radical (unpaired) electrons. The Bertz CT molecular complexity index is 169. The molecule has 4 N–H and O–H groups in total. The average Bonchev–Trinajstić information content (AvgIpc) is 2.16. The molecule has 1 rings (SSSR count). The Morgan fingerprint density at radius 3 is 1.29 bits per heavy atom. The molecule has 0 aliphatic heterocycles. The normalized spacial score (nSPS) is 49.3. The zero-order valence-electron chi connectivity index (χ0n) is 8.07. The van der Waals surface area contributed by atoms with E-state index in [0.29, 0.717) is 0 Å². The molecule has 0 aromatic rings. The van der Waals surface area contributed by atoms with E-state index in [0.717, 1.165) is 0 Å². The van der Waals surface area contributed by atoms with Crippen molar-refractivity contribution < 1.29 is 29.9 Å². The molecular weight excluding hydrogens is 192 g/mol. The number of methoxy groups -OCH3 is 2. The van der Waals surface area contributed by atoms with Crippen LogP contribution in [0.3, 0.4) is 0 Å². The van der Waals surface area contributed by atoms with Gasteiger partial charge in [0.1, 0.15) is 36.6 Å². The lowest BCUT2D eigenvalue weighted by molar-refractivity contribution is -0.235. The second-order valence-electron chi connectivity index (χ2n) is 3.36. The molecule has 1 aliphatic rings. The minimum atomic E-state index is -1.38. The highest BCUT2D eigenvalue weighted by Gasteiger charge is 2.49. The first kappa shape index (κ1) is 11.8. The van der Waals surface area contributed by atoms with E-state index in [1.165, 1.54) is 14.2 Å². The molecule has 1 saturated carbocycles. The molecular formula is C8H16O6. The molecule has 6 atom stereocenters. The molecule has 6 nitrogen and oxygen atoms in total. The molecule has 3 unspecified atom stereocenters. The van der Waals surface area contributed by atoms with Crippen LogP contribution in [0.15, 0.2) is 0 Å². The molecule has 0 aromatic heterocycles. The summed E-state index contributed by atoms with van der Waals surface area (Å²) in [4.78, 5) is 0. The van der Waals surface area contributed by atoms with Gasteiger partial charge in [-0.1, -0.05) is 0 Å². The van der Waals surface area contributed by atoms with E-state index in [-0.39, 0.29) is 0 Å². The Balaban J connectivity index is 2.82. The van der Waals surface area contributed by atoms with Gasteiger partial charge in [-0.15, -0.1) is 0 Å². The highest BCUT2D eigenvalue weighted by molar-refractivity contribution is 4.99. The molecule has 0 saturated heterocycles. The molecule has 1 fully saturated rings. The number of rotatable bonds is 2. The van der Waals surface area contributed by atoms with Crippen LogP contribution in [-0.4, -0.2) is 71.3 Å². The van der Waals surface area contributed by atoms with Crippen molar-refractivity contribution in [3.8, 4) is 0 Å². The monoisotopic (exact) mass is 208 g/mol. The van der Waals surface area contributed by atoms with Crippen LogP contribution in [0.1, 0.15) is 0 Å². The number of aliphatic hydroxyl groups is 4. The van der Waals surface area contributed by atoms with Crippen molar-refractivity contribution in [1.82, 2.24) is 0 Å². The summed E-state index contributed by atoms with van der Waals surface area (Å²) < 4.78 is 9.63. The van der Waals surface area contributed by atoms with Gasteiger partial charge in [0.2, 0.25) is 0 Å². The first-order valence-corrected chi connectivity index (χ1v) is 4.32. The molecule has 0 aromatic carbocycles. The minimum absolute atomic E-state index is 0.960. The lowest BCUT2D eigenvalue weighted by atomic mass is 9.85. The van der Waals surface area contributed by atoms with Gasteiger partial charge in [-0.2, -0.15) is 0 Å². The predicted octanol–water partition coefficient (Wildman–Crippen LogP) is -2.53. The fraction of sp³-hybridized carbons (Fsp3) is 1.00. The zero-order chi connectivity index (χ0) is 10.9. The fourth-order valence-corrected chi connectivity index (χ4v) is 1.74. The van der Waals surface area contributed by atoms with E-state index < -0.39 is 36.6 Å². The van der Waals surface area contributed by atoms with Crippen LogP contribution in [-0.2, 0) is 9.47 Å². The summed E-state index contributed by atoms with van der Waals surface area (Å²) >= 11 is 0. The predicted molar refractivity (Wildman–Crippen MR) is 45.6 cm³/mol. The van der Waals surface area contributed by atoms with Crippen LogP contribution in [0.5, 0.6) is 0 Å². The molecule has 6 heteroatoms. The van der Waals surface area contributed by atoms with Crippen LogP contribution in [0.25, 0.3) is 0 Å². The van der Waals surface area contributed by atoms with Crippen molar-refractivity contribution >= 4 is 0 Å². The third-order valence-corrected chi connectivity index (χ3v) is 2.59. The zero-order valence-corrected chi connectivity index (χ0v) is 8.07. The fourth-order valence-electron chi connectivity index (χ4n) is 1.74. The van der Waals surface area contributed by atoms with Gasteiger partial charge in [0.15, 0.2) is 0 Å². The maximum atomic E-state index is 9.61. The van der Waals surface area contributed by atoms with Gasteiger partial charge in [-0.05, 0) is 0 Å². The highest BCUT2D eigenvalue weighted by atomic mass is 16.5. The van der Waals surface area contributed by atoms with Crippen molar-refractivity contribution in [1.29, 1.82) is 0 Å². The van der Waals surface area contributed by atoms with E-state index in [2.05, 4.69) is 0 Å². The second kappa shape index (κ2) is 4.52. The Kier molecular flexibility index (Phi) is 3.82. The average molecular weight is 208 g/mol. The maximum Gasteiger partial charge on any atom is 0.114 e. The van der Waals surface area contributed by atoms with Crippen molar-refractivity contribution in [3.63, 3.8) is 0 Å². The molecule has 84 valence electrons. The van der Waals surface area contributed by atoms with Crippen LogP contribution < -0.4 is 0 Å². The van der Waals surface area contributed by atoms with E-state index in [1.807, 2.05) is 0 Å². The van der Waals surface area contributed by atoms with Gasteiger partial charge in [0.25, 0.3) is 0 Å². The van der Waals surface area contributed by atoms with Gasteiger partial charge in [-0.3, -0.25) is 0 Å². The minimum Gasteiger partial charge on any atom is -0.387 e. The summed E-state index contributed by atoms with van der Waals surface area (Å²) in [5, 5.41) is 37.9. The Labute approximate surface area is 81.7 Å². The number of hydrogen-bond acceptors (Lipinski definition) is 6. The van der Waals surface area contributed by atoms with E-state index in [4.69, 9.17) is 9.47 Å². The molecule has 0 bridgehead atoms. The van der Waals surface area contributed by atoms with E-state index in [1.54, 1.807) is 0 Å². The summed E-state index contributed by atoms with van der Waals surface area (Å²) in [5.74, 6) is 0. The number of ether oxygens (including phenoxy) is 2. The Morgan fingerprint density at radius 1 is 0.643 bits per heavy atom. The van der Waals surface area contributed by atoms with Gasteiger partial charge < -0.3 is 29.9 Å². The first-order chi connectivity index (χ1) is 6.54. The quantitative estimate of drug-likeness (QED) is 0.399. The summed E-state index contributed by atoms with van der Waals surface area (Å²) in [6.07, 6.45) is -7.11. The van der Waals surface area contributed by atoms with Gasteiger partial charge in [-0.25, -0.2) is 0 Å². The second-order valence-corrected chi connectivity index (χ2v) is 3.36. The van der Waals surface area contributed by atoms with Gasteiger partial charge in [0.05, 0.1) is 0 Å². The van der Waals surface area contributed by atoms with Crippen molar-refractivity contribution in [3.05, 3.63) is 0 Å². The van der Waals surface area contributed by atoms with Gasteiger partial charge in [0, 0.05) is 14.2 Å². The molecule has 0 heterocycles. The van der Waals surface area contributed by atoms with Crippen molar-refractivity contribution in [2.45, 2.75) is 36.6 Å². The van der Waals surface area contributed by atoms with Crippen LogP contribution in [0.2, 0.25) is 0 Å². The summed E-state index contributed by atoms with van der Waals surface area (Å²) in [7, 11) is 2.60. The van der Waals surface area contributed by atoms with Crippen LogP contribution in [0, 0.1) is 0 Å². The molecule has 14 heavy (non-hydrogen) atoms. The van der Waals surface area contributed by atoms with E-state index >= 15 is 0 Å². The van der Waals surface area contributed by atoms with Crippen LogP contribution >= 0.6 is 0 Å². The Hall–Kier alpha value is -0.240. The van der Waals surface area contributed by atoms with Crippen molar-refractivity contribution in [2.24, 2.45) is 0 Å². The topological polar surface area (TPSA) is 99.4 Å². The van der Waals surface area contributed by atoms with E-state index in [9.17, 15) is 20.4 Å². The SMILES string of the molecule is COC1[C@@H](O)C(O)C(O)[C@@H](OC)[C@@H]1O. The third-order valence-electron chi connectivity index (χ3n) is 2.59. The lowest BCUT2D eigenvalue weighted by Crippen LogP contribution is -2.64. The smallest absolute Gasteiger partial charge is 0.114 e. The Morgan fingerprint density at radius 2 is 1.00 bits per heavy atom. The van der Waals surface area contributed by atoms with Gasteiger partial charge >= 0.3 is 0 Å². The maximum absolute atomic E-state index is 9.61. The largest absolute Gasteiger partial charge is 0.387 e. The lowest BCUT2D eigenvalue weighted by Gasteiger charge is -2.42. The summed E-state index contributed by atoms with van der Waals surface area (Å²) in [6.45, 7) is 0. The molecule has 0 spiro atoms. The first-order valence-electron chi connectivity index (χ1n) is 4.32. The highest BCUT2D eigenvalue weighted by Crippen LogP contribution is 2.24. The summed E-state index contributed by atoms with van der Waals surface area (Å²) in [6, 6.07) is 0. The molecule has 0 amide bonds. The standard InChI is InChI=1S/C8H16O6/c1-13-7-4(10)3(9)5(11)8(14-2)6(7)12/h3-12H,1-2H3/t3?,4-,5?,6+,7?,8+/m0/s1. The van der Waals surface area contributed by atoms with Crippen molar-refractivity contribution in [2.75, 3.05) is 14.2 Å². The molecule has 1 aliphatic carbocycles.